The van der Waals surface area contributed by atoms with E-state index in [0.29, 0.717) is 25.7 Å². The molecule has 4 nitrogen and oxygen atoms in total. The number of carbonyl (C=O) groups is 1. The number of fused-ring (bicyclic) bond motifs is 1. The van der Waals surface area contributed by atoms with Gasteiger partial charge in [-0.1, -0.05) is 18.9 Å². The summed E-state index contributed by atoms with van der Waals surface area (Å²) < 4.78 is 5.39. The molecule has 1 aromatic rings. The predicted octanol–water partition coefficient (Wildman–Crippen LogP) is 2.39. The van der Waals surface area contributed by atoms with Gasteiger partial charge in [0.1, 0.15) is 0 Å². The van der Waals surface area contributed by atoms with Crippen LogP contribution in [-0.4, -0.2) is 18.5 Å². The summed E-state index contributed by atoms with van der Waals surface area (Å²) in [6, 6.07) is 6.07. The van der Waals surface area contributed by atoms with Gasteiger partial charge in [0.05, 0.1) is 13.2 Å². The van der Waals surface area contributed by atoms with E-state index in [-0.39, 0.29) is 24.4 Å². The second-order valence-corrected chi connectivity index (χ2v) is 5.84. The van der Waals surface area contributed by atoms with Crippen molar-refractivity contribution in [3.63, 3.8) is 0 Å². The fourth-order valence-electron chi connectivity index (χ4n) is 3.24. The average Bonchev–Trinajstić information content (AvgIpc) is 2.95. The Bertz CT molecular complexity index is 507. The molecule has 1 fully saturated rings. The lowest BCUT2D eigenvalue weighted by atomic mass is 9.84. The van der Waals surface area contributed by atoms with Gasteiger partial charge in [-0.3, -0.25) is 4.79 Å². The van der Waals surface area contributed by atoms with E-state index in [0.717, 1.165) is 24.0 Å². The molecule has 1 saturated carbocycles. The number of nitrogens with one attached hydrogen (secondary N) is 1. The minimum atomic E-state index is 0. The highest BCUT2D eigenvalue weighted by Gasteiger charge is 2.26. The zero-order valence-electron chi connectivity index (χ0n) is 12.1. The van der Waals surface area contributed by atoms with Crippen LogP contribution < -0.4 is 11.1 Å². The molecule has 0 radical (unpaired) electrons. The molecular weight excluding hydrogens is 288 g/mol. The monoisotopic (exact) mass is 310 g/mol. The fraction of sp³-hybridized carbons (Fsp3) is 0.562. The summed E-state index contributed by atoms with van der Waals surface area (Å²) in [5, 5.41) is 3.17. The van der Waals surface area contributed by atoms with E-state index in [1.54, 1.807) is 0 Å². The molecular formula is C16H23ClN2O2. The Kier molecular flexibility index (Phi) is 5.62. The SMILES string of the molecule is Cl.NCC1CCCCC1NC(=O)c1ccc2c(c1)COC2. The molecule has 1 aliphatic heterocycles. The van der Waals surface area contributed by atoms with E-state index < -0.39 is 0 Å². The maximum absolute atomic E-state index is 12.4. The number of hydrogen-bond acceptors (Lipinski definition) is 3. The molecule has 2 aliphatic rings. The molecule has 1 amide bonds. The molecule has 5 heteroatoms. The Labute approximate surface area is 131 Å². The summed E-state index contributed by atoms with van der Waals surface area (Å²) in [7, 11) is 0. The first-order chi connectivity index (χ1) is 9.78. The average molecular weight is 311 g/mol. The number of ether oxygens (including phenoxy) is 1. The molecule has 3 rings (SSSR count). The van der Waals surface area contributed by atoms with Crippen LogP contribution in [-0.2, 0) is 18.0 Å². The Morgan fingerprint density at radius 3 is 2.81 bits per heavy atom. The van der Waals surface area contributed by atoms with E-state index in [9.17, 15) is 4.79 Å². The lowest BCUT2D eigenvalue weighted by molar-refractivity contribution is 0.0908. The lowest BCUT2D eigenvalue weighted by Gasteiger charge is -2.31. The van der Waals surface area contributed by atoms with Crippen LogP contribution in [0.25, 0.3) is 0 Å². The maximum atomic E-state index is 12.4. The standard InChI is InChI=1S/C16H22N2O2.ClH/c17-8-12-3-1-2-4-15(12)18-16(19)11-5-6-13-9-20-10-14(13)7-11;/h5-7,12,15H,1-4,8-10,17H2,(H,18,19);1H. The van der Waals surface area contributed by atoms with Gasteiger partial charge < -0.3 is 15.8 Å². The van der Waals surface area contributed by atoms with Crippen molar-refractivity contribution < 1.29 is 9.53 Å². The summed E-state index contributed by atoms with van der Waals surface area (Å²) in [6.45, 7) is 1.93. The van der Waals surface area contributed by atoms with E-state index in [1.807, 2.05) is 18.2 Å². The van der Waals surface area contributed by atoms with Crippen LogP contribution in [0, 0.1) is 5.92 Å². The number of rotatable bonds is 3. The van der Waals surface area contributed by atoms with Gasteiger partial charge in [-0.25, -0.2) is 0 Å². The number of benzene rings is 1. The first kappa shape index (κ1) is 16.3. The summed E-state index contributed by atoms with van der Waals surface area (Å²) in [6.07, 6.45) is 4.57. The number of amides is 1. The molecule has 1 aromatic carbocycles. The first-order valence-electron chi connectivity index (χ1n) is 7.48. The van der Waals surface area contributed by atoms with Crippen molar-refractivity contribution in [2.45, 2.75) is 44.9 Å². The molecule has 0 bridgehead atoms. The van der Waals surface area contributed by atoms with Crippen molar-refractivity contribution in [3.05, 3.63) is 34.9 Å². The molecule has 1 aliphatic carbocycles. The van der Waals surface area contributed by atoms with Gasteiger partial charge in [0.25, 0.3) is 5.91 Å². The third-order valence-electron chi connectivity index (χ3n) is 4.51. The largest absolute Gasteiger partial charge is 0.372 e. The molecule has 1 heterocycles. The summed E-state index contributed by atoms with van der Waals surface area (Å²) in [4.78, 5) is 12.4. The number of halogens is 1. The molecule has 2 atom stereocenters. The highest BCUT2D eigenvalue weighted by Crippen LogP contribution is 2.25. The van der Waals surface area contributed by atoms with Gasteiger partial charge in [-0.15, -0.1) is 12.4 Å². The van der Waals surface area contributed by atoms with Crippen LogP contribution >= 0.6 is 12.4 Å². The van der Waals surface area contributed by atoms with Gasteiger partial charge in [0.15, 0.2) is 0 Å². The minimum Gasteiger partial charge on any atom is -0.372 e. The highest BCUT2D eigenvalue weighted by atomic mass is 35.5. The molecule has 0 spiro atoms. The summed E-state index contributed by atoms with van der Waals surface area (Å²) in [5.41, 5.74) is 8.88. The zero-order chi connectivity index (χ0) is 13.9. The zero-order valence-corrected chi connectivity index (χ0v) is 13.0. The summed E-state index contributed by atoms with van der Waals surface area (Å²) in [5.74, 6) is 0.440. The molecule has 3 N–H and O–H groups in total. The van der Waals surface area contributed by atoms with Crippen molar-refractivity contribution >= 4 is 18.3 Å². The number of carbonyl (C=O) groups excluding carboxylic acids is 1. The number of hydrogen-bond donors (Lipinski definition) is 2. The van der Waals surface area contributed by atoms with Gasteiger partial charge in [0, 0.05) is 11.6 Å². The van der Waals surface area contributed by atoms with Gasteiger partial charge in [-0.2, -0.15) is 0 Å². The molecule has 0 saturated heterocycles. The van der Waals surface area contributed by atoms with Gasteiger partial charge in [0.2, 0.25) is 0 Å². The second kappa shape index (κ2) is 7.25. The summed E-state index contributed by atoms with van der Waals surface area (Å²) >= 11 is 0. The van der Waals surface area contributed by atoms with Crippen molar-refractivity contribution in [1.82, 2.24) is 5.32 Å². The number of nitrogens with two attached hydrogens (primary N) is 1. The Morgan fingerprint density at radius 2 is 2.00 bits per heavy atom. The maximum Gasteiger partial charge on any atom is 0.251 e. The molecule has 21 heavy (non-hydrogen) atoms. The van der Waals surface area contributed by atoms with Crippen molar-refractivity contribution in [2.75, 3.05) is 6.54 Å². The topological polar surface area (TPSA) is 64.3 Å². The van der Waals surface area contributed by atoms with Crippen LogP contribution in [0.1, 0.15) is 47.2 Å². The van der Waals surface area contributed by atoms with E-state index in [1.165, 1.54) is 18.4 Å². The highest BCUT2D eigenvalue weighted by molar-refractivity contribution is 5.94. The molecule has 0 aromatic heterocycles. The second-order valence-electron chi connectivity index (χ2n) is 5.84. The third-order valence-corrected chi connectivity index (χ3v) is 4.51. The van der Waals surface area contributed by atoms with Crippen LogP contribution in [0.2, 0.25) is 0 Å². The van der Waals surface area contributed by atoms with Crippen molar-refractivity contribution in [1.29, 1.82) is 0 Å². The molecule has 2 unspecified atom stereocenters. The van der Waals surface area contributed by atoms with Gasteiger partial charge >= 0.3 is 0 Å². The Balaban J connectivity index is 0.00000161. The smallest absolute Gasteiger partial charge is 0.251 e. The third kappa shape index (κ3) is 3.57. The van der Waals surface area contributed by atoms with E-state index >= 15 is 0 Å². The van der Waals surface area contributed by atoms with Crippen LogP contribution in [0.3, 0.4) is 0 Å². The Morgan fingerprint density at radius 1 is 1.24 bits per heavy atom. The lowest BCUT2D eigenvalue weighted by Crippen LogP contribution is -2.44. The van der Waals surface area contributed by atoms with Crippen molar-refractivity contribution in [2.24, 2.45) is 11.7 Å². The first-order valence-corrected chi connectivity index (χ1v) is 7.48. The van der Waals surface area contributed by atoms with E-state index in [4.69, 9.17) is 10.5 Å². The normalized spacial score (nSPS) is 24.0. The Hall–Kier alpha value is -1.10. The fourth-order valence-corrected chi connectivity index (χ4v) is 3.24. The quantitative estimate of drug-likeness (QED) is 0.901. The van der Waals surface area contributed by atoms with Crippen LogP contribution in [0.4, 0.5) is 0 Å². The van der Waals surface area contributed by atoms with Crippen LogP contribution in [0.15, 0.2) is 18.2 Å². The predicted molar refractivity (Wildman–Crippen MR) is 84.4 cm³/mol. The van der Waals surface area contributed by atoms with Crippen molar-refractivity contribution in [3.8, 4) is 0 Å². The van der Waals surface area contributed by atoms with Crippen LogP contribution in [0.5, 0.6) is 0 Å². The minimum absolute atomic E-state index is 0. The van der Waals surface area contributed by atoms with Gasteiger partial charge in [-0.05, 0) is 48.6 Å². The molecule has 116 valence electrons. The van der Waals surface area contributed by atoms with E-state index in [2.05, 4.69) is 5.32 Å².